The van der Waals surface area contributed by atoms with Crippen molar-refractivity contribution in [2.24, 2.45) is 0 Å². The van der Waals surface area contributed by atoms with Crippen molar-refractivity contribution in [1.29, 1.82) is 0 Å². The Morgan fingerprint density at radius 3 is 1.39 bits per heavy atom. The summed E-state index contributed by atoms with van der Waals surface area (Å²) in [6, 6.07) is 49.9. The minimum Gasteiger partial charge on any atom is -0.0622 e. The van der Waals surface area contributed by atoms with E-state index in [-0.39, 0.29) is 10.8 Å². The lowest BCUT2D eigenvalue weighted by Crippen LogP contribution is -2.18. The molecule has 0 nitrogen and oxygen atoms in total. The van der Waals surface area contributed by atoms with E-state index in [9.17, 15) is 0 Å². The largest absolute Gasteiger partial charge is 0.0622 e. The van der Waals surface area contributed by atoms with E-state index in [0.717, 1.165) is 0 Å². The summed E-state index contributed by atoms with van der Waals surface area (Å²) >= 11 is 0. The van der Waals surface area contributed by atoms with Crippen LogP contribution in [0.5, 0.6) is 0 Å². The summed E-state index contributed by atoms with van der Waals surface area (Å²) < 4.78 is 0. The second-order valence-corrected chi connectivity index (χ2v) is 13.6. The molecule has 0 saturated carbocycles. The van der Waals surface area contributed by atoms with Crippen molar-refractivity contribution < 1.29 is 0 Å². The zero-order chi connectivity index (χ0) is 29.8. The lowest BCUT2D eigenvalue weighted by atomic mass is 9.74. The summed E-state index contributed by atoms with van der Waals surface area (Å²) in [6.07, 6.45) is 0. The Bertz CT molecular complexity index is 2260. The van der Waals surface area contributed by atoms with Crippen LogP contribution in [0.1, 0.15) is 49.9 Å². The highest BCUT2D eigenvalue weighted by molar-refractivity contribution is 6.23. The molecule has 0 aromatic heterocycles. The first-order valence-corrected chi connectivity index (χ1v) is 15.8. The highest BCUT2D eigenvalue weighted by atomic mass is 14.5. The molecule has 2 aliphatic rings. The van der Waals surface area contributed by atoms with Crippen molar-refractivity contribution in [2.75, 3.05) is 0 Å². The Balaban J connectivity index is 1.51. The molecule has 0 amide bonds. The van der Waals surface area contributed by atoms with Gasteiger partial charge in [0.1, 0.15) is 0 Å². The quantitative estimate of drug-likeness (QED) is 0.184. The maximum atomic E-state index is 2.57. The highest BCUT2D eigenvalue weighted by Crippen LogP contribution is 2.62. The van der Waals surface area contributed by atoms with Crippen molar-refractivity contribution in [1.82, 2.24) is 0 Å². The van der Waals surface area contributed by atoms with Crippen molar-refractivity contribution in [3.8, 4) is 44.5 Å². The monoisotopic (exact) mass is 562 g/mol. The van der Waals surface area contributed by atoms with Gasteiger partial charge in [0.15, 0.2) is 0 Å². The first-order valence-electron chi connectivity index (χ1n) is 15.8. The van der Waals surface area contributed by atoms with E-state index in [1.165, 1.54) is 88.3 Å². The van der Waals surface area contributed by atoms with Gasteiger partial charge in [-0.15, -0.1) is 0 Å². The second-order valence-electron chi connectivity index (χ2n) is 13.6. The molecule has 7 aromatic carbocycles. The van der Waals surface area contributed by atoms with E-state index >= 15 is 0 Å². The molecule has 2 aliphatic carbocycles. The molecule has 0 heterocycles. The first kappa shape index (κ1) is 25.5. The zero-order valence-corrected chi connectivity index (χ0v) is 25.7. The van der Waals surface area contributed by atoms with Gasteiger partial charge in [0.2, 0.25) is 0 Å². The Kier molecular flexibility index (Phi) is 5.11. The molecule has 0 atom stereocenters. The SMILES string of the molecule is CC1(C)c2ccccc2-c2c1cc(-c1c3ccccc3c(-c3ccccc3)c3ccccc13)c1c2C(C)(C)c2ccccc2-1. The average molecular weight is 563 g/mol. The molecule has 7 aromatic rings. The molecular formula is C44H34. The third-order valence-corrected chi connectivity index (χ3v) is 10.6. The Hall–Kier alpha value is -4.94. The van der Waals surface area contributed by atoms with Gasteiger partial charge in [-0.1, -0.05) is 155 Å². The predicted molar refractivity (Wildman–Crippen MR) is 187 cm³/mol. The molecular weight excluding hydrogens is 528 g/mol. The van der Waals surface area contributed by atoms with Crippen LogP contribution in [0.3, 0.4) is 0 Å². The lowest BCUT2D eigenvalue weighted by Gasteiger charge is -2.28. The number of hydrogen-bond donors (Lipinski definition) is 0. The number of hydrogen-bond acceptors (Lipinski definition) is 0. The molecule has 210 valence electrons. The van der Waals surface area contributed by atoms with Crippen LogP contribution in [-0.2, 0) is 10.8 Å². The Morgan fingerprint density at radius 2 is 0.795 bits per heavy atom. The van der Waals surface area contributed by atoms with Gasteiger partial charge in [-0.2, -0.15) is 0 Å². The standard InChI is InChI=1S/C44H34/c1-43(2)35-24-14-13-23-33(35)41-37(43)26-34(40-32-22-12-15-25-36(32)44(3,4)42(40)41)39-30-20-10-8-18-28(30)38(27-16-6-5-7-17-27)29-19-9-11-21-31(29)39/h5-26H,1-4H3. The molecule has 0 unspecified atom stereocenters. The van der Waals surface area contributed by atoms with Crippen LogP contribution in [0.25, 0.3) is 66.1 Å². The first-order chi connectivity index (χ1) is 21.4. The smallest absolute Gasteiger partial charge is 0.0165 e. The topological polar surface area (TPSA) is 0 Å². The molecule has 44 heavy (non-hydrogen) atoms. The summed E-state index contributed by atoms with van der Waals surface area (Å²) in [5.74, 6) is 0. The zero-order valence-electron chi connectivity index (χ0n) is 25.7. The van der Waals surface area contributed by atoms with Crippen LogP contribution < -0.4 is 0 Å². The molecule has 0 bridgehead atoms. The van der Waals surface area contributed by atoms with Gasteiger partial charge < -0.3 is 0 Å². The van der Waals surface area contributed by atoms with Crippen molar-refractivity contribution in [3.05, 3.63) is 156 Å². The molecule has 0 saturated heterocycles. The average Bonchev–Trinajstić information content (AvgIpc) is 3.43. The fourth-order valence-corrected chi connectivity index (χ4v) is 8.66. The predicted octanol–water partition coefficient (Wildman–Crippen LogP) is 11.9. The van der Waals surface area contributed by atoms with Crippen molar-refractivity contribution in [3.63, 3.8) is 0 Å². The summed E-state index contributed by atoms with van der Waals surface area (Å²) in [5.41, 5.74) is 16.4. The Labute approximate surface area is 259 Å². The molecule has 0 spiro atoms. The van der Waals surface area contributed by atoms with Crippen LogP contribution in [-0.4, -0.2) is 0 Å². The molecule has 0 fully saturated rings. The number of rotatable bonds is 2. The molecule has 0 heteroatoms. The van der Waals surface area contributed by atoms with Crippen LogP contribution in [0.2, 0.25) is 0 Å². The van der Waals surface area contributed by atoms with Crippen LogP contribution in [0.15, 0.2) is 133 Å². The normalized spacial score (nSPS) is 15.2. The minimum atomic E-state index is -0.130. The summed E-state index contributed by atoms with van der Waals surface area (Å²) in [6.45, 7) is 9.70. The van der Waals surface area contributed by atoms with Crippen molar-refractivity contribution >= 4 is 21.5 Å². The van der Waals surface area contributed by atoms with E-state index in [4.69, 9.17) is 0 Å². The van der Waals surface area contributed by atoms with Gasteiger partial charge >= 0.3 is 0 Å². The van der Waals surface area contributed by atoms with Gasteiger partial charge in [-0.05, 0) is 94.4 Å². The minimum absolute atomic E-state index is 0.101. The van der Waals surface area contributed by atoms with Crippen LogP contribution >= 0.6 is 0 Å². The Morgan fingerprint density at radius 1 is 0.341 bits per heavy atom. The summed E-state index contributed by atoms with van der Waals surface area (Å²) in [7, 11) is 0. The number of benzene rings is 7. The fourth-order valence-electron chi connectivity index (χ4n) is 8.66. The van der Waals surface area contributed by atoms with E-state index in [0.29, 0.717) is 0 Å². The van der Waals surface area contributed by atoms with E-state index in [2.05, 4.69) is 161 Å². The van der Waals surface area contributed by atoms with Gasteiger partial charge in [-0.3, -0.25) is 0 Å². The lowest BCUT2D eigenvalue weighted by molar-refractivity contribution is 0.648. The van der Waals surface area contributed by atoms with Gasteiger partial charge in [-0.25, -0.2) is 0 Å². The van der Waals surface area contributed by atoms with Crippen LogP contribution in [0, 0.1) is 0 Å². The maximum absolute atomic E-state index is 2.57. The van der Waals surface area contributed by atoms with Gasteiger partial charge in [0.25, 0.3) is 0 Å². The van der Waals surface area contributed by atoms with E-state index < -0.39 is 0 Å². The third kappa shape index (κ3) is 3.18. The molecule has 0 aliphatic heterocycles. The molecule has 0 radical (unpaired) electrons. The van der Waals surface area contributed by atoms with Gasteiger partial charge in [0, 0.05) is 10.8 Å². The highest BCUT2D eigenvalue weighted by Gasteiger charge is 2.46. The van der Waals surface area contributed by atoms with Crippen LogP contribution in [0.4, 0.5) is 0 Å². The number of fused-ring (bicyclic) bond motifs is 9. The van der Waals surface area contributed by atoms with Crippen molar-refractivity contribution in [2.45, 2.75) is 38.5 Å². The fraction of sp³-hybridized carbons (Fsp3) is 0.136. The van der Waals surface area contributed by atoms with E-state index in [1.54, 1.807) is 0 Å². The summed E-state index contributed by atoms with van der Waals surface area (Å²) in [5, 5.41) is 5.22. The van der Waals surface area contributed by atoms with E-state index in [1.807, 2.05) is 0 Å². The summed E-state index contributed by atoms with van der Waals surface area (Å²) in [4.78, 5) is 0. The second kappa shape index (κ2) is 8.80. The molecule has 0 N–H and O–H groups in total. The maximum Gasteiger partial charge on any atom is 0.0165 e. The molecule has 9 rings (SSSR count). The van der Waals surface area contributed by atoms with Gasteiger partial charge in [0.05, 0.1) is 0 Å². The third-order valence-electron chi connectivity index (χ3n) is 10.6.